The fraction of sp³-hybridized carbons (Fsp3) is 0.231. The molecule has 0 aliphatic carbocycles. The van der Waals surface area contributed by atoms with Gasteiger partial charge in [-0.15, -0.1) is 11.3 Å². The molecule has 1 aromatic carbocycles. The third-order valence-corrected chi connectivity index (χ3v) is 3.86. The molecule has 1 amide bonds. The summed E-state index contributed by atoms with van der Waals surface area (Å²) in [6.07, 6.45) is 1.65. The third-order valence-electron chi connectivity index (χ3n) is 2.90. The Balaban J connectivity index is 2.29. The van der Waals surface area contributed by atoms with Gasteiger partial charge in [0.25, 0.3) is 5.91 Å². The van der Waals surface area contributed by atoms with E-state index in [2.05, 4.69) is 15.6 Å². The molecule has 0 spiro atoms. The zero-order valence-electron chi connectivity index (χ0n) is 11.5. The quantitative estimate of drug-likeness (QED) is 0.653. The van der Waals surface area contributed by atoms with Gasteiger partial charge in [-0.1, -0.05) is 6.07 Å². The molecule has 21 heavy (non-hydrogen) atoms. The number of benzene rings is 1. The second-order valence-electron chi connectivity index (χ2n) is 4.27. The van der Waals surface area contributed by atoms with Crippen LogP contribution in [0.1, 0.15) is 28.3 Å². The van der Waals surface area contributed by atoms with Crippen molar-refractivity contribution in [3.8, 4) is 0 Å². The second kappa shape index (κ2) is 6.31. The number of anilines is 1. The van der Waals surface area contributed by atoms with E-state index in [0.717, 1.165) is 5.01 Å². The highest BCUT2D eigenvalue weighted by atomic mass is 32.1. The topological polar surface area (TPSA) is 97.2 Å². The van der Waals surface area contributed by atoms with Gasteiger partial charge in [0.2, 0.25) is 0 Å². The molecule has 1 atom stereocenters. The molecular formula is C13H14N4O3S. The van der Waals surface area contributed by atoms with Crippen LogP contribution >= 0.6 is 11.3 Å². The van der Waals surface area contributed by atoms with E-state index in [0.29, 0.717) is 5.69 Å². The van der Waals surface area contributed by atoms with Crippen molar-refractivity contribution in [2.24, 2.45) is 0 Å². The van der Waals surface area contributed by atoms with Crippen molar-refractivity contribution >= 4 is 28.6 Å². The molecule has 1 unspecified atom stereocenters. The molecule has 2 rings (SSSR count). The SMILES string of the molecule is CNc1cccc(C(=O)NC(C)c2nccs2)c1[N+](=O)[O-]. The number of para-hydroxylation sites is 1. The van der Waals surface area contributed by atoms with Crippen molar-refractivity contribution in [2.75, 3.05) is 12.4 Å². The van der Waals surface area contributed by atoms with Crippen LogP contribution < -0.4 is 10.6 Å². The summed E-state index contributed by atoms with van der Waals surface area (Å²) in [4.78, 5) is 27.0. The first kappa shape index (κ1) is 14.9. The number of thiazole rings is 1. The van der Waals surface area contributed by atoms with Crippen LogP contribution in [0.5, 0.6) is 0 Å². The Morgan fingerprint density at radius 3 is 2.81 bits per heavy atom. The molecule has 2 N–H and O–H groups in total. The second-order valence-corrected chi connectivity index (χ2v) is 5.20. The van der Waals surface area contributed by atoms with Crippen molar-refractivity contribution in [2.45, 2.75) is 13.0 Å². The van der Waals surface area contributed by atoms with E-state index in [1.807, 2.05) is 5.38 Å². The molecule has 7 nitrogen and oxygen atoms in total. The highest BCUT2D eigenvalue weighted by molar-refractivity contribution is 7.09. The Labute approximate surface area is 125 Å². The molecule has 0 saturated heterocycles. The van der Waals surface area contributed by atoms with Gasteiger partial charge >= 0.3 is 5.69 Å². The van der Waals surface area contributed by atoms with E-state index in [4.69, 9.17) is 0 Å². The summed E-state index contributed by atoms with van der Waals surface area (Å²) < 4.78 is 0. The minimum absolute atomic E-state index is 0.0234. The minimum Gasteiger partial charge on any atom is -0.383 e. The van der Waals surface area contributed by atoms with Gasteiger partial charge in [-0.05, 0) is 19.1 Å². The summed E-state index contributed by atoms with van der Waals surface area (Å²) in [6, 6.07) is 4.28. The summed E-state index contributed by atoms with van der Waals surface area (Å²) >= 11 is 1.41. The lowest BCUT2D eigenvalue weighted by molar-refractivity contribution is -0.384. The van der Waals surface area contributed by atoms with Crippen LogP contribution in [-0.4, -0.2) is 22.9 Å². The minimum atomic E-state index is -0.561. The first-order valence-corrected chi connectivity index (χ1v) is 7.08. The van der Waals surface area contributed by atoms with E-state index in [9.17, 15) is 14.9 Å². The van der Waals surface area contributed by atoms with Gasteiger partial charge in [-0.3, -0.25) is 14.9 Å². The molecular weight excluding hydrogens is 292 g/mol. The van der Waals surface area contributed by atoms with E-state index in [1.54, 1.807) is 32.3 Å². The van der Waals surface area contributed by atoms with Crippen LogP contribution in [0.2, 0.25) is 0 Å². The van der Waals surface area contributed by atoms with Crippen molar-refractivity contribution in [3.63, 3.8) is 0 Å². The van der Waals surface area contributed by atoms with Crippen LogP contribution in [-0.2, 0) is 0 Å². The molecule has 0 saturated carbocycles. The van der Waals surface area contributed by atoms with Crippen molar-refractivity contribution in [3.05, 3.63) is 50.5 Å². The van der Waals surface area contributed by atoms with Gasteiger partial charge in [-0.25, -0.2) is 4.98 Å². The molecule has 8 heteroatoms. The average Bonchev–Trinajstić information content (AvgIpc) is 3.00. The number of carbonyl (C=O) groups is 1. The summed E-state index contributed by atoms with van der Waals surface area (Å²) in [5.74, 6) is -0.499. The third kappa shape index (κ3) is 3.16. The predicted octanol–water partition coefficient (Wildman–Crippen LogP) is 2.58. The lowest BCUT2D eigenvalue weighted by atomic mass is 10.1. The van der Waals surface area contributed by atoms with Crippen molar-refractivity contribution < 1.29 is 9.72 Å². The van der Waals surface area contributed by atoms with E-state index >= 15 is 0 Å². The van der Waals surface area contributed by atoms with Crippen molar-refractivity contribution in [1.82, 2.24) is 10.3 Å². The van der Waals surface area contributed by atoms with Crippen LogP contribution in [0.4, 0.5) is 11.4 Å². The smallest absolute Gasteiger partial charge is 0.305 e. The average molecular weight is 306 g/mol. The zero-order chi connectivity index (χ0) is 15.4. The lowest BCUT2D eigenvalue weighted by Crippen LogP contribution is -2.27. The summed E-state index contributed by atoms with van der Waals surface area (Å²) in [5, 5.41) is 19.2. The standard InChI is InChI=1S/C13H14N4O3S/c1-8(13-15-6-7-21-13)16-12(18)9-4-3-5-10(14-2)11(9)17(19)20/h3-8,14H,1-2H3,(H,16,18). The highest BCUT2D eigenvalue weighted by Gasteiger charge is 2.25. The number of amides is 1. The van der Waals surface area contributed by atoms with Crippen LogP contribution in [0.25, 0.3) is 0 Å². The van der Waals surface area contributed by atoms with Gasteiger partial charge in [-0.2, -0.15) is 0 Å². The fourth-order valence-corrected chi connectivity index (χ4v) is 2.56. The van der Waals surface area contributed by atoms with Gasteiger partial charge in [0.1, 0.15) is 16.3 Å². The maximum absolute atomic E-state index is 12.3. The Morgan fingerprint density at radius 1 is 1.48 bits per heavy atom. The van der Waals surface area contributed by atoms with Gasteiger partial charge in [0.05, 0.1) is 11.0 Å². The summed E-state index contributed by atoms with van der Waals surface area (Å²) in [6.45, 7) is 1.78. The fourth-order valence-electron chi connectivity index (χ4n) is 1.91. The Kier molecular flexibility index (Phi) is 4.49. The largest absolute Gasteiger partial charge is 0.383 e. The molecule has 1 aromatic heterocycles. The molecule has 0 radical (unpaired) electrons. The van der Waals surface area contributed by atoms with Crippen LogP contribution in [0.15, 0.2) is 29.8 Å². The number of nitro benzene ring substituents is 1. The molecule has 110 valence electrons. The van der Waals surface area contributed by atoms with Gasteiger partial charge in [0.15, 0.2) is 0 Å². The summed E-state index contributed by atoms with van der Waals surface area (Å²) in [5.41, 5.74) is 0.0913. The normalized spacial score (nSPS) is 11.7. The number of nitro groups is 1. The highest BCUT2D eigenvalue weighted by Crippen LogP contribution is 2.28. The zero-order valence-corrected chi connectivity index (χ0v) is 12.3. The number of aromatic nitrogens is 1. The van der Waals surface area contributed by atoms with Crippen LogP contribution in [0, 0.1) is 10.1 Å². The number of hydrogen-bond donors (Lipinski definition) is 2. The molecule has 0 aliphatic rings. The van der Waals surface area contributed by atoms with Crippen LogP contribution in [0.3, 0.4) is 0 Å². The number of nitrogens with zero attached hydrogens (tertiary/aromatic N) is 2. The van der Waals surface area contributed by atoms with Gasteiger partial charge in [0, 0.05) is 18.6 Å². The monoisotopic (exact) mass is 306 g/mol. The van der Waals surface area contributed by atoms with E-state index in [-0.39, 0.29) is 17.3 Å². The molecule has 0 bridgehead atoms. The number of nitrogens with one attached hydrogen (secondary N) is 2. The predicted molar refractivity (Wildman–Crippen MR) is 80.6 cm³/mol. The molecule has 0 fully saturated rings. The molecule has 0 aliphatic heterocycles. The summed E-state index contributed by atoms with van der Waals surface area (Å²) in [7, 11) is 1.57. The van der Waals surface area contributed by atoms with Gasteiger partial charge < -0.3 is 10.6 Å². The first-order chi connectivity index (χ1) is 10.0. The Hall–Kier alpha value is -2.48. The van der Waals surface area contributed by atoms with Crippen molar-refractivity contribution in [1.29, 1.82) is 0 Å². The lowest BCUT2D eigenvalue weighted by Gasteiger charge is -2.12. The number of carbonyl (C=O) groups excluding carboxylic acids is 1. The Morgan fingerprint density at radius 2 is 2.24 bits per heavy atom. The molecule has 2 aromatic rings. The maximum atomic E-state index is 12.3. The number of rotatable bonds is 5. The molecule has 1 heterocycles. The van der Waals surface area contributed by atoms with E-state index < -0.39 is 10.8 Å². The number of hydrogen-bond acceptors (Lipinski definition) is 6. The maximum Gasteiger partial charge on any atom is 0.305 e. The van der Waals surface area contributed by atoms with E-state index in [1.165, 1.54) is 17.4 Å². The first-order valence-electron chi connectivity index (χ1n) is 6.20. The Bertz CT molecular complexity index is 657.